The van der Waals surface area contributed by atoms with Crippen molar-refractivity contribution < 1.29 is 23.1 Å². The second kappa shape index (κ2) is 10.2. The molecule has 1 amide bonds. The summed E-state index contributed by atoms with van der Waals surface area (Å²) in [6.45, 7) is 1.32. The zero-order valence-corrected chi connectivity index (χ0v) is 21.5. The van der Waals surface area contributed by atoms with Gasteiger partial charge in [-0.15, -0.1) is 0 Å². The van der Waals surface area contributed by atoms with Crippen LogP contribution in [0.1, 0.15) is 41.3 Å². The molecule has 3 heterocycles. The highest BCUT2D eigenvalue weighted by Gasteiger charge is 2.42. The topological polar surface area (TPSA) is 85.5 Å². The number of pyridine rings is 1. The number of benzene rings is 2. The van der Waals surface area contributed by atoms with Crippen LogP contribution >= 0.6 is 11.6 Å². The Kier molecular flexibility index (Phi) is 6.92. The van der Waals surface area contributed by atoms with Gasteiger partial charge in [0.25, 0.3) is 5.91 Å². The van der Waals surface area contributed by atoms with Crippen LogP contribution in [0.5, 0.6) is 5.75 Å². The number of nitrogen functional groups attached to an aromatic ring is 1. The molecule has 1 saturated heterocycles. The summed E-state index contributed by atoms with van der Waals surface area (Å²) < 4.78 is 34.6. The van der Waals surface area contributed by atoms with E-state index in [0.717, 1.165) is 11.1 Å². The van der Waals surface area contributed by atoms with Crippen molar-refractivity contribution in [1.29, 1.82) is 0 Å². The van der Waals surface area contributed by atoms with E-state index in [1.165, 1.54) is 30.0 Å². The third-order valence-corrected chi connectivity index (χ3v) is 6.98. The van der Waals surface area contributed by atoms with Gasteiger partial charge in [-0.2, -0.15) is 0 Å². The Morgan fingerprint density at radius 1 is 1.21 bits per heavy atom. The van der Waals surface area contributed by atoms with Gasteiger partial charge in [0.15, 0.2) is 5.78 Å². The Bertz CT molecular complexity index is 1430. The zero-order valence-electron chi connectivity index (χ0n) is 20.7. The third-order valence-electron chi connectivity index (χ3n) is 6.70. The maximum Gasteiger partial charge on any atom is 0.257 e. The molecule has 1 atom stereocenters. The van der Waals surface area contributed by atoms with Gasteiger partial charge in [-0.1, -0.05) is 17.7 Å². The predicted molar refractivity (Wildman–Crippen MR) is 142 cm³/mol. The molecule has 196 valence electrons. The van der Waals surface area contributed by atoms with Gasteiger partial charge in [-0.05, 0) is 84.1 Å². The molecule has 6 nitrogen and oxygen atoms in total. The van der Waals surface area contributed by atoms with Crippen LogP contribution in [0.4, 0.5) is 14.6 Å². The molecule has 3 aromatic rings. The molecule has 0 aliphatic carbocycles. The molecule has 0 saturated carbocycles. The van der Waals surface area contributed by atoms with Crippen molar-refractivity contribution in [3.05, 3.63) is 82.3 Å². The molecular weight excluding hydrogens is 512 g/mol. The van der Waals surface area contributed by atoms with E-state index in [1.807, 2.05) is 6.07 Å². The highest BCUT2D eigenvalue weighted by molar-refractivity contribution is 6.32. The first-order valence-corrected chi connectivity index (χ1v) is 12.7. The van der Waals surface area contributed by atoms with Crippen molar-refractivity contribution >= 4 is 35.2 Å². The summed E-state index contributed by atoms with van der Waals surface area (Å²) >= 11 is 6.49. The number of allylic oxidation sites excluding steroid dienone is 1. The number of nitrogens with two attached hydrogens (primary N) is 1. The molecule has 5 rings (SSSR count). The maximum absolute atomic E-state index is 14.9. The number of carbonyl (C=O) groups is 2. The number of aromatic nitrogens is 1. The Hall–Kier alpha value is -3.78. The van der Waals surface area contributed by atoms with Gasteiger partial charge in [0.1, 0.15) is 29.2 Å². The fourth-order valence-electron chi connectivity index (χ4n) is 4.74. The summed E-state index contributed by atoms with van der Waals surface area (Å²) in [4.78, 5) is 30.1. The van der Waals surface area contributed by atoms with Crippen LogP contribution in [0.25, 0.3) is 17.2 Å². The monoisotopic (exact) mass is 537 g/mol. The number of halogens is 3. The SMILES string of the molecule is CC1(F)CN(C(=O)c2ccc(-c3cc(Cl)c4c(c3)CC(CCC(=O)/C=C/c3ccc(N)nc3)O4)cc2F)C1. The second-order valence-corrected chi connectivity index (χ2v) is 10.4. The van der Waals surface area contributed by atoms with Gasteiger partial charge >= 0.3 is 0 Å². The molecule has 0 spiro atoms. The second-order valence-electron chi connectivity index (χ2n) is 10.0. The minimum Gasteiger partial charge on any atom is -0.488 e. The lowest BCUT2D eigenvalue weighted by Gasteiger charge is -2.42. The molecular formula is C29H26ClF2N3O3. The number of alkyl halides is 1. The summed E-state index contributed by atoms with van der Waals surface area (Å²) in [5, 5.41) is 0.394. The number of fused-ring (bicyclic) bond motifs is 1. The molecule has 9 heteroatoms. The number of amides is 1. The minimum absolute atomic E-state index is 0.0346. The summed E-state index contributed by atoms with van der Waals surface area (Å²) in [6, 6.07) is 11.4. The Labute approximate surface area is 224 Å². The van der Waals surface area contributed by atoms with Gasteiger partial charge in [-0.25, -0.2) is 13.8 Å². The first-order valence-electron chi connectivity index (χ1n) is 12.3. The summed E-state index contributed by atoms with van der Waals surface area (Å²) in [7, 11) is 0. The number of hydrogen-bond donors (Lipinski definition) is 1. The Balaban J connectivity index is 1.22. The average Bonchev–Trinajstić information content (AvgIpc) is 3.29. The van der Waals surface area contributed by atoms with Gasteiger partial charge in [0, 0.05) is 19.0 Å². The molecule has 38 heavy (non-hydrogen) atoms. The predicted octanol–water partition coefficient (Wildman–Crippen LogP) is 5.67. The van der Waals surface area contributed by atoms with E-state index < -0.39 is 17.4 Å². The van der Waals surface area contributed by atoms with E-state index in [4.69, 9.17) is 22.1 Å². The minimum atomic E-state index is -1.42. The first-order chi connectivity index (χ1) is 18.1. The third kappa shape index (κ3) is 5.55. The quantitative estimate of drug-likeness (QED) is 0.392. The van der Waals surface area contributed by atoms with Gasteiger partial charge < -0.3 is 15.4 Å². The lowest BCUT2D eigenvalue weighted by molar-refractivity contribution is -0.115. The molecule has 0 bridgehead atoms. The number of hydrogen-bond acceptors (Lipinski definition) is 5. The Morgan fingerprint density at radius 3 is 2.68 bits per heavy atom. The van der Waals surface area contributed by atoms with Crippen LogP contribution in [-0.2, 0) is 11.2 Å². The lowest BCUT2D eigenvalue weighted by Crippen LogP contribution is -2.59. The van der Waals surface area contributed by atoms with Gasteiger partial charge in [0.05, 0.1) is 23.7 Å². The van der Waals surface area contributed by atoms with E-state index in [1.54, 1.807) is 36.5 Å². The van der Waals surface area contributed by atoms with Crippen LogP contribution in [-0.4, -0.2) is 46.4 Å². The fraction of sp³-hybridized carbons (Fsp3) is 0.276. The molecule has 2 aliphatic heterocycles. The van der Waals surface area contributed by atoms with E-state index >= 15 is 0 Å². The van der Waals surface area contributed by atoms with Gasteiger partial charge in [-0.3, -0.25) is 9.59 Å². The summed E-state index contributed by atoms with van der Waals surface area (Å²) in [6.07, 6.45) is 5.99. The highest BCUT2D eigenvalue weighted by atomic mass is 35.5. The standard InChI is InChI=1S/C29H26ClF2N3O3/c1-29(32)15-35(16-29)28(37)23-8-4-18(13-25(23)31)19-10-20-11-22(38-27(20)24(30)12-19)7-6-21(36)5-2-17-3-9-26(33)34-14-17/h2-5,8-10,12-14,22H,6-7,11,15-16H2,1H3,(H2,33,34)/b5-2+. The van der Waals surface area contributed by atoms with Crippen molar-refractivity contribution in [2.45, 2.75) is 38.0 Å². The van der Waals surface area contributed by atoms with Crippen molar-refractivity contribution in [3.8, 4) is 16.9 Å². The van der Waals surface area contributed by atoms with Crippen molar-refractivity contribution in [1.82, 2.24) is 9.88 Å². The maximum atomic E-state index is 14.9. The summed E-state index contributed by atoms with van der Waals surface area (Å²) in [5.74, 6) is -0.253. The van der Waals surface area contributed by atoms with Gasteiger partial charge in [0.2, 0.25) is 0 Å². The molecule has 1 aromatic heterocycles. The molecule has 2 N–H and O–H groups in total. The molecule has 1 fully saturated rings. The zero-order chi connectivity index (χ0) is 27.0. The molecule has 0 radical (unpaired) electrons. The van der Waals surface area contributed by atoms with E-state index in [9.17, 15) is 18.4 Å². The summed E-state index contributed by atoms with van der Waals surface area (Å²) in [5.41, 5.74) is 6.96. The molecule has 2 aromatic carbocycles. The van der Waals surface area contributed by atoms with Crippen LogP contribution < -0.4 is 10.5 Å². The number of ketones is 1. The van der Waals surface area contributed by atoms with E-state index in [2.05, 4.69) is 4.98 Å². The van der Waals surface area contributed by atoms with E-state index in [0.29, 0.717) is 47.0 Å². The average molecular weight is 538 g/mol. The van der Waals surface area contributed by atoms with Crippen LogP contribution in [0.2, 0.25) is 5.02 Å². The van der Waals surface area contributed by atoms with Crippen LogP contribution in [0.15, 0.2) is 54.7 Å². The number of likely N-dealkylation sites (tertiary alicyclic amines) is 1. The van der Waals surface area contributed by atoms with Crippen molar-refractivity contribution in [2.24, 2.45) is 0 Å². The number of carbonyl (C=O) groups excluding carboxylic acids is 2. The Morgan fingerprint density at radius 2 is 2.00 bits per heavy atom. The largest absolute Gasteiger partial charge is 0.488 e. The van der Waals surface area contributed by atoms with Crippen LogP contribution in [0.3, 0.4) is 0 Å². The number of rotatable bonds is 7. The fourth-order valence-corrected chi connectivity index (χ4v) is 5.02. The number of ether oxygens (including phenoxy) is 1. The smallest absolute Gasteiger partial charge is 0.257 e. The number of anilines is 1. The lowest BCUT2D eigenvalue weighted by atomic mass is 9.96. The highest BCUT2D eigenvalue weighted by Crippen LogP contribution is 2.41. The van der Waals surface area contributed by atoms with Crippen LogP contribution in [0, 0.1) is 5.82 Å². The molecule has 2 aliphatic rings. The normalized spacial score (nSPS) is 17.7. The van der Waals surface area contributed by atoms with Crippen molar-refractivity contribution in [3.63, 3.8) is 0 Å². The first kappa shape index (κ1) is 25.9. The van der Waals surface area contributed by atoms with E-state index in [-0.39, 0.29) is 30.5 Å². The molecule has 1 unspecified atom stereocenters. The van der Waals surface area contributed by atoms with Crippen molar-refractivity contribution in [2.75, 3.05) is 18.8 Å². The number of nitrogens with zero attached hydrogens (tertiary/aromatic N) is 2.